The third-order valence-electron chi connectivity index (χ3n) is 4.39. The zero-order chi connectivity index (χ0) is 15.2. The largest absolute Gasteiger partial charge is 0.346 e. The fraction of sp³-hybridized carbons (Fsp3) is 0.438. The van der Waals surface area contributed by atoms with Crippen molar-refractivity contribution in [2.75, 3.05) is 0 Å². The van der Waals surface area contributed by atoms with Crippen LogP contribution < -0.4 is 5.32 Å². The van der Waals surface area contributed by atoms with E-state index in [4.69, 9.17) is 16.1 Å². The summed E-state index contributed by atoms with van der Waals surface area (Å²) in [5, 5.41) is 7.52. The number of carbonyl (C=O) groups is 1. The Morgan fingerprint density at radius 3 is 2.91 bits per heavy atom. The summed E-state index contributed by atoms with van der Waals surface area (Å²) in [5.74, 6) is 1.69. The molecule has 0 saturated heterocycles. The van der Waals surface area contributed by atoms with Crippen molar-refractivity contribution in [2.45, 2.75) is 43.6 Å². The molecular formula is C16H16ClN3O2. The maximum absolute atomic E-state index is 12.5. The Morgan fingerprint density at radius 2 is 2.23 bits per heavy atom. The van der Waals surface area contributed by atoms with Gasteiger partial charge in [-0.15, -0.1) is 0 Å². The van der Waals surface area contributed by atoms with Gasteiger partial charge in [0.05, 0.1) is 12.0 Å². The Labute approximate surface area is 133 Å². The van der Waals surface area contributed by atoms with Gasteiger partial charge in [-0.1, -0.05) is 28.9 Å². The summed E-state index contributed by atoms with van der Waals surface area (Å²) in [6.07, 6.45) is 3.94. The lowest BCUT2D eigenvalue weighted by Gasteiger charge is -2.15. The first kappa shape index (κ1) is 13.8. The molecule has 2 aromatic rings. The zero-order valence-electron chi connectivity index (χ0n) is 12.0. The molecule has 1 heterocycles. The molecule has 6 heteroatoms. The van der Waals surface area contributed by atoms with Crippen LogP contribution in [0.25, 0.3) is 0 Å². The van der Waals surface area contributed by atoms with Gasteiger partial charge in [0.25, 0.3) is 0 Å². The van der Waals surface area contributed by atoms with Gasteiger partial charge in [0.15, 0.2) is 5.82 Å². The van der Waals surface area contributed by atoms with E-state index in [9.17, 15) is 4.79 Å². The monoisotopic (exact) mass is 317 g/mol. The average molecular weight is 318 g/mol. The zero-order valence-corrected chi connectivity index (χ0v) is 12.8. The summed E-state index contributed by atoms with van der Waals surface area (Å²) < 4.78 is 5.18. The molecule has 5 nitrogen and oxygen atoms in total. The van der Waals surface area contributed by atoms with Crippen molar-refractivity contribution in [2.24, 2.45) is 0 Å². The highest BCUT2D eigenvalue weighted by Gasteiger charge is 2.51. The fourth-order valence-corrected chi connectivity index (χ4v) is 2.92. The van der Waals surface area contributed by atoms with Crippen LogP contribution in [0.2, 0.25) is 5.02 Å². The number of aromatic nitrogens is 2. The number of rotatable bonds is 5. The summed E-state index contributed by atoms with van der Waals surface area (Å²) in [4.78, 5) is 16.8. The Hall–Kier alpha value is -1.88. The molecule has 1 N–H and O–H groups in total. The number of nitrogens with zero attached hydrogens (tertiary/aromatic N) is 2. The number of halogens is 1. The van der Waals surface area contributed by atoms with Crippen LogP contribution in [-0.4, -0.2) is 16.0 Å². The number of hydrogen-bond acceptors (Lipinski definition) is 4. The molecule has 1 aromatic heterocycles. The van der Waals surface area contributed by atoms with E-state index in [1.807, 2.05) is 24.3 Å². The molecule has 0 bridgehead atoms. The lowest BCUT2D eigenvalue weighted by molar-refractivity contribution is -0.123. The van der Waals surface area contributed by atoms with E-state index >= 15 is 0 Å². The second-order valence-corrected chi connectivity index (χ2v) is 6.53. The van der Waals surface area contributed by atoms with E-state index in [1.165, 1.54) is 0 Å². The van der Waals surface area contributed by atoms with Gasteiger partial charge in [-0.2, -0.15) is 4.98 Å². The van der Waals surface area contributed by atoms with E-state index in [-0.39, 0.29) is 12.5 Å². The second kappa shape index (κ2) is 5.09. The molecule has 0 atom stereocenters. The lowest BCUT2D eigenvalue weighted by atomic mass is 9.95. The highest BCUT2D eigenvalue weighted by molar-refractivity contribution is 6.30. The fourth-order valence-electron chi connectivity index (χ4n) is 2.73. The molecule has 2 aliphatic carbocycles. The minimum atomic E-state index is -0.440. The summed E-state index contributed by atoms with van der Waals surface area (Å²) in [5.41, 5.74) is 0.534. The van der Waals surface area contributed by atoms with Gasteiger partial charge >= 0.3 is 0 Å². The van der Waals surface area contributed by atoms with Crippen LogP contribution in [0.5, 0.6) is 0 Å². The number of hydrogen-bond donors (Lipinski definition) is 1. The Balaban J connectivity index is 1.43. The van der Waals surface area contributed by atoms with Crippen LogP contribution in [0.4, 0.5) is 0 Å². The van der Waals surface area contributed by atoms with Gasteiger partial charge in [0.2, 0.25) is 11.8 Å². The number of carbonyl (C=O) groups excluding carboxylic acids is 1. The Morgan fingerprint density at radius 1 is 1.41 bits per heavy atom. The van der Waals surface area contributed by atoms with Crippen LogP contribution in [0, 0.1) is 0 Å². The molecule has 2 fully saturated rings. The van der Waals surface area contributed by atoms with Crippen molar-refractivity contribution in [1.82, 2.24) is 15.5 Å². The minimum absolute atomic E-state index is 0.000869. The summed E-state index contributed by atoms with van der Waals surface area (Å²) in [6, 6.07) is 7.52. The normalized spacial score (nSPS) is 19.0. The predicted molar refractivity (Wildman–Crippen MR) is 80.5 cm³/mol. The van der Waals surface area contributed by atoms with Crippen molar-refractivity contribution in [3.8, 4) is 0 Å². The maximum atomic E-state index is 12.5. The van der Waals surface area contributed by atoms with Crippen molar-refractivity contribution in [3.63, 3.8) is 0 Å². The topological polar surface area (TPSA) is 68.0 Å². The van der Waals surface area contributed by atoms with Gasteiger partial charge in [0.1, 0.15) is 0 Å². The van der Waals surface area contributed by atoms with Crippen LogP contribution in [0.15, 0.2) is 28.8 Å². The molecule has 4 rings (SSSR count). The molecule has 0 unspecified atom stereocenters. The molecule has 0 spiro atoms. The quantitative estimate of drug-likeness (QED) is 0.920. The van der Waals surface area contributed by atoms with Crippen molar-refractivity contribution in [3.05, 3.63) is 46.6 Å². The molecule has 2 aliphatic rings. The van der Waals surface area contributed by atoms with Crippen molar-refractivity contribution in [1.29, 1.82) is 0 Å². The number of benzene rings is 1. The average Bonchev–Trinajstić information content (AvgIpc) is 3.43. The van der Waals surface area contributed by atoms with Crippen LogP contribution in [-0.2, 0) is 16.8 Å². The molecule has 2 saturated carbocycles. The van der Waals surface area contributed by atoms with Crippen LogP contribution in [0.1, 0.15) is 48.9 Å². The lowest BCUT2D eigenvalue weighted by Crippen LogP contribution is -2.34. The van der Waals surface area contributed by atoms with Gasteiger partial charge < -0.3 is 9.84 Å². The third kappa shape index (κ3) is 2.50. The van der Waals surface area contributed by atoms with E-state index in [0.29, 0.717) is 16.8 Å². The van der Waals surface area contributed by atoms with Crippen molar-refractivity contribution >= 4 is 17.5 Å². The summed E-state index contributed by atoms with van der Waals surface area (Å²) >= 11 is 6.03. The van der Waals surface area contributed by atoms with E-state index in [0.717, 1.165) is 37.1 Å². The van der Waals surface area contributed by atoms with Gasteiger partial charge in [0, 0.05) is 10.9 Å². The molecule has 22 heavy (non-hydrogen) atoms. The SMILES string of the molecule is O=C(NCc1nc(C2CC2)no1)C1(c2cccc(Cl)c2)CC1. The van der Waals surface area contributed by atoms with E-state index < -0.39 is 5.41 Å². The van der Waals surface area contributed by atoms with Gasteiger partial charge in [-0.05, 0) is 43.4 Å². The van der Waals surface area contributed by atoms with Gasteiger partial charge in [-0.3, -0.25) is 4.79 Å². The smallest absolute Gasteiger partial charge is 0.246 e. The summed E-state index contributed by atoms with van der Waals surface area (Å²) in [6.45, 7) is 0.279. The maximum Gasteiger partial charge on any atom is 0.246 e. The first-order valence-corrected chi connectivity index (χ1v) is 7.92. The Bertz CT molecular complexity index is 720. The highest BCUT2D eigenvalue weighted by atomic mass is 35.5. The molecule has 0 aliphatic heterocycles. The number of amides is 1. The first-order valence-electron chi connectivity index (χ1n) is 7.54. The van der Waals surface area contributed by atoms with Crippen LogP contribution >= 0.6 is 11.6 Å². The molecule has 1 amide bonds. The summed E-state index contributed by atoms with van der Waals surface area (Å²) in [7, 11) is 0. The Kier molecular flexibility index (Phi) is 3.18. The van der Waals surface area contributed by atoms with Gasteiger partial charge in [-0.25, -0.2) is 0 Å². The molecule has 1 aromatic carbocycles. The first-order chi connectivity index (χ1) is 10.7. The van der Waals surface area contributed by atoms with E-state index in [1.54, 1.807) is 0 Å². The molecule has 0 radical (unpaired) electrons. The van der Waals surface area contributed by atoms with Crippen molar-refractivity contribution < 1.29 is 9.32 Å². The molecule has 114 valence electrons. The van der Waals surface area contributed by atoms with Crippen LogP contribution in [0.3, 0.4) is 0 Å². The second-order valence-electron chi connectivity index (χ2n) is 6.10. The molecular weight excluding hydrogens is 302 g/mol. The number of nitrogens with one attached hydrogen (secondary N) is 1. The highest BCUT2D eigenvalue weighted by Crippen LogP contribution is 2.48. The third-order valence-corrected chi connectivity index (χ3v) is 4.62. The standard InChI is InChI=1S/C16H16ClN3O2/c17-12-3-1-2-11(8-12)16(6-7-16)15(21)18-9-13-19-14(20-22-13)10-4-5-10/h1-3,8,10H,4-7,9H2,(H,18,21). The predicted octanol–water partition coefficient (Wildman–Crippen LogP) is 2.95. The van der Waals surface area contributed by atoms with E-state index in [2.05, 4.69) is 15.5 Å². The minimum Gasteiger partial charge on any atom is -0.346 e.